The predicted octanol–water partition coefficient (Wildman–Crippen LogP) is 7.08. The number of hydrogen-bond donors (Lipinski definition) is 2. The van der Waals surface area contributed by atoms with Crippen molar-refractivity contribution < 1.29 is 19.4 Å². The summed E-state index contributed by atoms with van der Waals surface area (Å²) in [5, 5.41) is 11.8. The van der Waals surface area contributed by atoms with Crippen molar-refractivity contribution in [3.8, 4) is 16.9 Å². The molecule has 0 atom stereocenters. The molecular formula is C32H33NO4. The fourth-order valence-electron chi connectivity index (χ4n) is 4.50. The van der Waals surface area contributed by atoms with Crippen molar-refractivity contribution in [3.63, 3.8) is 0 Å². The average Bonchev–Trinajstić information content (AvgIpc) is 3.03. The number of aliphatic carboxylic acids is 1. The molecular weight excluding hydrogens is 462 g/mol. The molecule has 37 heavy (non-hydrogen) atoms. The molecule has 5 heteroatoms. The van der Waals surface area contributed by atoms with E-state index in [0.29, 0.717) is 29.3 Å². The van der Waals surface area contributed by atoms with Crippen LogP contribution in [0.5, 0.6) is 5.75 Å². The first kappa shape index (κ1) is 26.0. The predicted molar refractivity (Wildman–Crippen MR) is 148 cm³/mol. The van der Waals surface area contributed by atoms with Crippen molar-refractivity contribution in [1.29, 1.82) is 0 Å². The van der Waals surface area contributed by atoms with Gasteiger partial charge in [0.2, 0.25) is 0 Å². The second-order valence-electron chi connectivity index (χ2n) is 9.71. The molecule has 2 aromatic rings. The summed E-state index contributed by atoms with van der Waals surface area (Å²) >= 11 is 0. The first-order chi connectivity index (χ1) is 17.9. The standard InChI is InChI=1S/C32H33NO4/c1-22(2)19-23-14-16-24(17-15-23)20-25-21-28(27-10-5-3-4-9-26(25)27)32(36)33-29-11-6-7-12-30(29)37-18-8-13-31(34)35/h3-7,9-12,14-17,21-22H,8,13,18-20H2,1-2H3,(H,33,36)(H,34,35). The van der Waals surface area contributed by atoms with Crippen LogP contribution in [-0.4, -0.2) is 23.6 Å². The van der Waals surface area contributed by atoms with Gasteiger partial charge in [0.25, 0.3) is 5.91 Å². The minimum Gasteiger partial charge on any atom is -0.491 e. The molecule has 190 valence electrons. The molecule has 0 radical (unpaired) electrons. The lowest BCUT2D eigenvalue weighted by molar-refractivity contribution is -0.137. The first-order valence-electron chi connectivity index (χ1n) is 12.7. The number of anilines is 1. The van der Waals surface area contributed by atoms with E-state index in [-0.39, 0.29) is 18.9 Å². The summed E-state index contributed by atoms with van der Waals surface area (Å²) in [7, 11) is 0. The van der Waals surface area contributed by atoms with Crippen molar-refractivity contribution in [2.45, 2.75) is 39.5 Å². The van der Waals surface area contributed by atoms with E-state index < -0.39 is 5.97 Å². The molecule has 4 rings (SSSR count). The Morgan fingerprint density at radius 1 is 0.865 bits per heavy atom. The number of carboxylic acids is 1. The second-order valence-corrected chi connectivity index (χ2v) is 9.71. The van der Waals surface area contributed by atoms with Crippen molar-refractivity contribution in [3.05, 3.63) is 107 Å². The van der Waals surface area contributed by atoms with Crippen molar-refractivity contribution in [2.24, 2.45) is 5.92 Å². The van der Waals surface area contributed by atoms with E-state index in [1.807, 2.05) is 42.5 Å². The Hall–Kier alpha value is -4.12. The Labute approximate surface area is 218 Å². The number of amides is 1. The molecule has 0 saturated heterocycles. The van der Waals surface area contributed by atoms with Crippen molar-refractivity contribution in [1.82, 2.24) is 0 Å². The van der Waals surface area contributed by atoms with E-state index in [9.17, 15) is 9.59 Å². The Kier molecular flexibility index (Phi) is 8.57. The number of carboxylic acid groups (broad SMARTS) is 1. The number of nitrogens with one attached hydrogen (secondary N) is 1. The molecule has 0 unspecified atom stereocenters. The second kappa shape index (κ2) is 12.2. The average molecular weight is 496 g/mol. The number of hydrogen-bond acceptors (Lipinski definition) is 3. The third-order valence-corrected chi connectivity index (χ3v) is 6.23. The molecule has 2 aliphatic rings. The molecule has 0 saturated carbocycles. The Morgan fingerprint density at radius 3 is 2.27 bits per heavy atom. The lowest BCUT2D eigenvalue weighted by Crippen LogP contribution is -2.13. The van der Waals surface area contributed by atoms with Gasteiger partial charge in [-0.2, -0.15) is 0 Å². The fourth-order valence-corrected chi connectivity index (χ4v) is 4.50. The van der Waals surface area contributed by atoms with Gasteiger partial charge in [0.05, 0.1) is 12.3 Å². The van der Waals surface area contributed by atoms with Crippen LogP contribution >= 0.6 is 0 Å². The van der Waals surface area contributed by atoms with Crippen LogP contribution in [0.25, 0.3) is 11.1 Å². The molecule has 0 aromatic heterocycles. The van der Waals surface area contributed by atoms with Crippen LogP contribution in [0.15, 0.2) is 84.9 Å². The van der Waals surface area contributed by atoms with E-state index in [4.69, 9.17) is 9.84 Å². The maximum absolute atomic E-state index is 13.5. The van der Waals surface area contributed by atoms with Gasteiger partial charge in [0.1, 0.15) is 5.75 Å². The van der Waals surface area contributed by atoms with Crippen LogP contribution in [0.2, 0.25) is 0 Å². The van der Waals surface area contributed by atoms with Crippen molar-refractivity contribution >= 4 is 17.6 Å². The summed E-state index contributed by atoms with van der Waals surface area (Å²) in [6, 6.07) is 27.9. The van der Waals surface area contributed by atoms with Crippen LogP contribution < -0.4 is 10.1 Å². The van der Waals surface area contributed by atoms with Gasteiger partial charge < -0.3 is 15.2 Å². The highest BCUT2D eigenvalue weighted by atomic mass is 16.5. The minimum absolute atomic E-state index is 0.0360. The molecule has 0 aliphatic heterocycles. The highest BCUT2D eigenvalue weighted by molar-refractivity contribution is 6.10. The largest absolute Gasteiger partial charge is 0.491 e. The van der Waals surface area contributed by atoms with Gasteiger partial charge in [-0.05, 0) is 71.2 Å². The van der Waals surface area contributed by atoms with Crippen LogP contribution in [0.4, 0.5) is 5.69 Å². The van der Waals surface area contributed by atoms with E-state index in [2.05, 4.69) is 49.5 Å². The number of carbonyl (C=O) groups is 2. The summed E-state index contributed by atoms with van der Waals surface area (Å²) in [6.07, 6.45) is 2.22. The highest BCUT2D eigenvalue weighted by Gasteiger charge is 2.21. The van der Waals surface area contributed by atoms with E-state index >= 15 is 0 Å². The smallest absolute Gasteiger partial charge is 0.303 e. The first-order valence-corrected chi connectivity index (χ1v) is 12.7. The molecule has 0 spiro atoms. The monoisotopic (exact) mass is 495 g/mol. The zero-order chi connectivity index (χ0) is 26.2. The lowest BCUT2D eigenvalue weighted by Gasteiger charge is -2.12. The Balaban J connectivity index is 1.55. The third kappa shape index (κ3) is 6.98. The van der Waals surface area contributed by atoms with Gasteiger partial charge in [0.15, 0.2) is 0 Å². The molecule has 0 fully saturated rings. The molecule has 5 nitrogen and oxygen atoms in total. The van der Waals surface area contributed by atoms with Gasteiger partial charge in [-0.3, -0.25) is 9.59 Å². The minimum atomic E-state index is -0.858. The summed E-state index contributed by atoms with van der Waals surface area (Å²) < 4.78 is 5.77. The molecule has 0 bridgehead atoms. The van der Waals surface area contributed by atoms with Gasteiger partial charge in [-0.1, -0.05) is 80.6 Å². The van der Waals surface area contributed by atoms with Crippen LogP contribution in [0.1, 0.15) is 53.7 Å². The number of benzene rings is 2. The number of para-hydroxylation sites is 2. The fraction of sp³-hybridized carbons (Fsp3) is 0.250. The zero-order valence-electron chi connectivity index (χ0n) is 21.4. The quantitative estimate of drug-likeness (QED) is 0.218. The number of ether oxygens (including phenoxy) is 1. The normalized spacial score (nSPS) is 11.0. The summed E-state index contributed by atoms with van der Waals surface area (Å²) in [4.78, 5) is 24.2. The number of carbonyl (C=O) groups excluding carboxylic acids is 1. The van der Waals surface area contributed by atoms with E-state index in [1.165, 1.54) is 11.1 Å². The zero-order valence-corrected chi connectivity index (χ0v) is 21.4. The lowest BCUT2D eigenvalue weighted by atomic mass is 9.98. The summed E-state index contributed by atoms with van der Waals surface area (Å²) in [6.45, 7) is 4.70. The van der Waals surface area contributed by atoms with Gasteiger partial charge in [0, 0.05) is 12.0 Å². The highest BCUT2D eigenvalue weighted by Crippen LogP contribution is 2.34. The van der Waals surface area contributed by atoms with E-state index in [1.54, 1.807) is 12.1 Å². The maximum Gasteiger partial charge on any atom is 0.303 e. The maximum atomic E-state index is 13.5. The third-order valence-electron chi connectivity index (χ3n) is 6.23. The summed E-state index contributed by atoms with van der Waals surface area (Å²) in [5.74, 6) is 0.0654. The molecule has 1 amide bonds. The Bertz CT molecular complexity index is 1330. The van der Waals surface area contributed by atoms with Gasteiger partial charge >= 0.3 is 5.97 Å². The summed E-state index contributed by atoms with van der Waals surface area (Å²) in [5.41, 5.74) is 6.76. The topological polar surface area (TPSA) is 75.6 Å². The van der Waals surface area contributed by atoms with Crippen LogP contribution in [0.3, 0.4) is 0 Å². The SMILES string of the molecule is CC(C)Cc1ccc(Cc2cc(C(=O)Nc3ccccc3OCCCC(=O)O)c3cccccc2-3)cc1. The number of rotatable bonds is 11. The van der Waals surface area contributed by atoms with Crippen LogP contribution in [-0.2, 0) is 17.6 Å². The van der Waals surface area contributed by atoms with Gasteiger partial charge in [-0.25, -0.2) is 0 Å². The Morgan fingerprint density at radius 2 is 1.54 bits per heavy atom. The van der Waals surface area contributed by atoms with E-state index in [0.717, 1.165) is 29.5 Å². The van der Waals surface area contributed by atoms with Crippen molar-refractivity contribution in [2.75, 3.05) is 11.9 Å². The molecule has 2 N–H and O–H groups in total. The number of fused-ring (bicyclic) bond motifs is 1. The molecule has 0 heterocycles. The van der Waals surface area contributed by atoms with Gasteiger partial charge in [-0.15, -0.1) is 0 Å². The van der Waals surface area contributed by atoms with Crippen LogP contribution in [0, 0.1) is 5.92 Å². The molecule has 2 aliphatic carbocycles. The molecule has 2 aromatic carbocycles.